The van der Waals surface area contributed by atoms with Crippen LogP contribution in [0.25, 0.3) is 22.2 Å². The van der Waals surface area contributed by atoms with Crippen molar-refractivity contribution in [1.29, 1.82) is 0 Å². The predicted octanol–water partition coefficient (Wildman–Crippen LogP) is 2.62. The molecule has 0 unspecified atom stereocenters. The van der Waals surface area contributed by atoms with Gasteiger partial charge in [0.2, 0.25) is 5.89 Å². The van der Waals surface area contributed by atoms with Crippen LogP contribution in [0.1, 0.15) is 0 Å². The topological polar surface area (TPSA) is 63.3 Å². The van der Waals surface area contributed by atoms with E-state index in [1.807, 2.05) is 12.1 Å². The van der Waals surface area contributed by atoms with E-state index in [1.54, 1.807) is 24.3 Å². The lowest BCUT2D eigenvalue weighted by Crippen LogP contribution is -1.82. The first-order valence-electron chi connectivity index (χ1n) is 4.92. The second-order valence-electron chi connectivity index (χ2n) is 3.59. The fourth-order valence-electron chi connectivity index (χ4n) is 1.67. The average molecular weight is 245 g/mol. The van der Waals surface area contributed by atoms with Crippen LogP contribution >= 0.6 is 11.5 Å². The van der Waals surface area contributed by atoms with Gasteiger partial charge < -0.3 is 9.52 Å². The molecule has 1 heterocycles. The zero-order chi connectivity index (χ0) is 11.8. The van der Waals surface area contributed by atoms with Gasteiger partial charge in [0.05, 0.1) is 11.5 Å². The second-order valence-corrected chi connectivity index (χ2v) is 4.28. The summed E-state index contributed by atoms with van der Waals surface area (Å²) in [6.07, 6.45) is 0. The molecule has 0 aliphatic heterocycles. The van der Waals surface area contributed by atoms with E-state index >= 15 is 0 Å². The normalized spacial score (nSPS) is 10.8. The summed E-state index contributed by atoms with van der Waals surface area (Å²) < 4.78 is 8.87. The molecule has 0 aliphatic rings. The Hall–Kier alpha value is -2.14. The SMILES string of the molecule is O=c1oc(-c2ccc3cc(O)ccc3c2)ns1. The Bertz CT molecular complexity index is 745. The highest BCUT2D eigenvalue weighted by Crippen LogP contribution is 2.25. The molecule has 3 rings (SSSR count). The van der Waals surface area contributed by atoms with Crippen molar-refractivity contribution in [2.75, 3.05) is 0 Å². The molecule has 1 aromatic heterocycles. The van der Waals surface area contributed by atoms with Crippen LogP contribution in [0.2, 0.25) is 0 Å². The maximum Gasteiger partial charge on any atom is 0.414 e. The largest absolute Gasteiger partial charge is 0.508 e. The zero-order valence-corrected chi connectivity index (χ0v) is 9.40. The number of benzene rings is 2. The molecule has 4 nitrogen and oxygen atoms in total. The zero-order valence-electron chi connectivity index (χ0n) is 8.58. The lowest BCUT2D eigenvalue weighted by atomic mass is 10.1. The number of hydrogen-bond donors (Lipinski definition) is 1. The minimum Gasteiger partial charge on any atom is -0.508 e. The van der Waals surface area contributed by atoms with Crippen LogP contribution in [0.4, 0.5) is 0 Å². The lowest BCUT2D eigenvalue weighted by Gasteiger charge is -2.00. The molecule has 0 saturated heterocycles. The number of phenols is 1. The van der Waals surface area contributed by atoms with E-state index in [-0.39, 0.29) is 5.75 Å². The molecule has 17 heavy (non-hydrogen) atoms. The van der Waals surface area contributed by atoms with Crippen molar-refractivity contribution in [3.63, 3.8) is 0 Å². The van der Waals surface area contributed by atoms with Gasteiger partial charge in [-0.25, -0.2) is 4.79 Å². The Morgan fingerprint density at radius 2 is 1.88 bits per heavy atom. The standard InChI is InChI=1S/C12H7NO3S/c14-10-4-3-7-5-9(2-1-8(7)6-10)11-13-17-12(15)16-11/h1-6,14H. The third-order valence-corrected chi connectivity index (χ3v) is 2.94. The fourth-order valence-corrected chi connectivity index (χ4v) is 2.09. The monoisotopic (exact) mass is 245 g/mol. The fraction of sp³-hybridized carbons (Fsp3) is 0. The predicted molar refractivity (Wildman–Crippen MR) is 65.3 cm³/mol. The van der Waals surface area contributed by atoms with Crippen molar-refractivity contribution in [3.05, 3.63) is 46.1 Å². The van der Waals surface area contributed by atoms with Crippen molar-refractivity contribution >= 4 is 22.3 Å². The first kappa shape index (κ1) is 10.0. The van der Waals surface area contributed by atoms with Gasteiger partial charge >= 0.3 is 4.94 Å². The van der Waals surface area contributed by atoms with Crippen LogP contribution in [-0.4, -0.2) is 9.48 Å². The Morgan fingerprint density at radius 3 is 2.65 bits per heavy atom. The van der Waals surface area contributed by atoms with Gasteiger partial charge in [0, 0.05) is 5.56 Å². The van der Waals surface area contributed by atoms with Crippen LogP contribution in [-0.2, 0) is 0 Å². The molecule has 2 aromatic carbocycles. The van der Waals surface area contributed by atoms with Gasteiger partial charge in [0.25, 0.3) is 0 Å². The summed E-state index contributed by atoms with van der Waals surface area (Å²) in [4.78, 5) is 10.5. The van der Waals surface area contributed by atoms with E-state index in [1.165, 1.54) is 0 Å². The average Bonchev–Trinajstić information content (AvgIpc) is 2.75. The highest BCUT2D eigenvalue weighted by atomic mass is 32.1. The second kappa shape index (κ2) is 3.71. The van der Waals surface area contributed by atoms with Crippen molar-refractivity contribution < 1.29 is 9.52 Å². The molecule has 1 N–H and O–H groups in total. The molecule has 0 bridgehead atoms. The van der Waals surface area contributed by atoms with E-state index < -0.39 is 4.94 Å². The summed E-state index contributed by atoms with van der Waals surface area (Å²) in [7, 11) is 0. The first-order chi connectivity index (χ1) is 8.22. The number of aromatic nitrogens is 1. The van der Waals surface area contributed by atoms with E-state index in [2.05, 4.69) is 4.37 Å². The molecule has 5 heteroatoms. The number of aromatic hydroxyl groups is 1. The van der Waals surface area contributed by atoms with Gasteiger partial charge in [0.1, 0.15) is 5.75 Å². The summed E-state index contributed by atoms with van der Waals surface area (Å²) >= 11 is 0.795. The Labute approximate surface area is 99.9 Å². The van der Waals surface area contributed by atoms with Crippen LogP contribution in [0.5, 0.6) is 5.75 Å². The van der Waals surface area contributed by atoms with Crippen molar-refractivity contribution in [2.24, 2.45) is 0 Å². The summed E-state index contributed by atoms with van der Waals surface area (Å²) in [5.74, 6) is 0.556. The third kappa shape index (κ3) is 1.81. The highest BCUT2D eigenvalue weighted by Gasteiger charge is 2.06. The van der Waals surface area contributed by atoms with E-state index in [0.717, 1.165) is 27.9 Å². The van der Waals surface area contributed by atoms with E-state index in [9.17, 15) is 9.90 Å². The van der Waals surface area contributed by atoms with Gasteiger partial charge in [-0.05, 0) is 35.0 Å². The van der Waals surface area contributed by atoms with Gasteiger partial charge in [0.15, 0.2) is 0 Å². The number of fused-ring (bicyclic) bond motifs is 1. The van der Waals surface area contributed by atoms with Gasteiger partial charge in [-0.15, -0.1) is 4.37 Å². The van der Waals surface area contributed by atoms with Gasteiger partial charge in [-0.3, -0.25) is 0 Å². The maximum absolute atomic E-state index is 10.9. The molecule has 3 aromatic rings. The molecule has 0 spiro atoms. The van der Waals surface area contributed by atoms with Gasteiger partial charge in [-0.1, -0.05) is 12.1 Å². The molecule has 0 amide bonds. The molecule has 0 aliphatic carbocycles. The van der Waals surface area contributed by atoms with Crippen LogP contribution < -0.4 is 4.94 Å². The molecule has 0 fully saturated rings. The summed E-state index contributed by atoms with van der Waals surface area (Å²) in [6, 6.07) is 10.6. The molecule has 0 atom stereocenters. The van der Waals surface area contributed by atoms with Crippen molar-refractivity contribution in [3.8, 4) is 17.2 Å². The van der Waals surface area contributed by atoms with Crippen LogP contribution in [0.3, 0.4) is 0 Å². The van der Waals surface area contributed by atoms with Crippen LogP contribution in [0, 0.1) is 0 Å². The lowest BCUT2D eigenvalue weighted by molar-refractivity contribution is 0.476. The highest BCUT2D eigenvalue weighted by molar-refractivity contribution is 7.02. The smallest absolute Gasteiger partial charge is 0.414 e. The third-order valence-electron chi connectivity index (χ3n) is 2.45. The number of phenolic OH excluding ortho intramolecular Hbond substituents is 1. The summed E-state index contributed by atoms with van der Waals surface area (Å²) in [5, 5.41) is 11.2. The maximum atomic E-state index is 10.9. The molecule has 0 radical (unpaired) electrons. The molecular formula is C12H7NO3S. The Kier molecular flexibility index (Phi) is 2.19. The van der Waals surface area contributed by atoms with E-state index in [0.29, 0.717) is 5.89 Å². The molecule has 84 valence electrons. The summed E-state index contributed by atoms with van der Waals surface area (Å²) in [5.41, 5.74) is 0.751. The number of hydrogen-bond acceptors (Lipinski definition) is 5. The number of rotatable bonds is 1. The van der Waals surface area contributed by atoms with Gasteiger partial charge in [-0.2, -0.15) is 0 Å². The van der Waals surface area contributed by atoms with Crippen molar-refractivity contribution in [2.45, 2.75) is 0 Å². The summed E-state index contributed by atoms with van der Waals surface area (Å²) in [6.45, 7) is 0. The minimum atomic E-state index is -0.411. The first-order valence-corrected chi connectivity index (χ1v) is 5.70. The number of nitrogens with zero attached hydrogens (tertiary/aromatic N) is 1. The van der Waals surface area contributed by atoms with Crippen LogP contribution in [0.15, 0.2) is 45.6 Å². The molecular weight excluding hydrogens is 238 g/mol. The Morgan fingerprint density at radius 1 is 1.12 bits per heavy atom. The van der Waals surface area contributed by atoms with Crippen molar-refractivity contribution in [1.82, 2.24) is 4.37 Å². The van der Waals surface area contributed by atoms with E-state index in [4.69, 9.17) is 4.42 Å². The Balaban J connectivity index is 2.20. The quantitative estimate of drug-likeness (QED) is 0.715. The molecule has 0 saturated carbocycles. The minimum absolute atomic E-state index is 0.227.